The van der Waals surface area contributed by atoms with Crippen molar-refractivity contribution < 1.29 is 13.5 Å². The summed E-state index contributed by atoms with van der Waals surface area (Å²) in [5, 5.41) is 0. The van der Waals surface area contributed by atoms with Crippen LogP contribution in [-0.2, 0) is 0 Å². The number of nitrogen functional groups attached to an aromatic ring is 1. The van der Waals surface area contributed by atoms with E-state index in [1.54, 1.807) is 24.3 Å². The van der Waals surface area contributed by atoms with Gasteiger partial charge in [0.25, 0.3) is 0 Å². The summed E-state index contributed by atoms with van der Waals surface area (Å²) < 4.78 is 32.3. The smallest absolute Gasteiger partial charge is 0.155 e. The molecule has 0 bridgehead atoms. The number of hydrogen-bond acceptors (Lipinski definition) is 3. The lowest BCUT2D eigenvalue weighted by molar-refractivity contribution is 0.477. The summed E-state index contributed by atoms with van der Waals surface area (Å²) in [6, 6.07) is 13.3. The van der Waals surface area contributed by atoms with Gasteiger partial charge >= 0.3 is 0 Å². The van der Waals surface area contributed by atoms with E-state index in [-0.39, 0.29) is 5.82 Å². The summed E-state index contributed by atoms with van der Waals surface area (Å²) in [6.45, 7) is 0. The van der Waals surface area contributed by atoms with Crippen molar-refractivity contribution in [2.75, 3.05) is 5.73 Å². The van der Waals surface area contributed by atoms with Gasteiger partial charge in [-0.15, -0.1) is 0 Å². The van der Waals surface area contributed by atoms with Crippen molar-refractivity contribution in [2.45, 2.75) is 0 Å². The molecule has 1 heterocycles. The molecule has 0 amide bonds. The molecule has 0 aliphatic rings. The zero-order valence-electron chi connectivity index (χ0n) is 11.5. The number of nitrogens with two attached hydrogens (primary N) is 1. The maximum absolute atomic E-state index is 13.4. The molecule has 0 saturated carbocycles. The zero-order valence-corrected chi connectivity index (χ0v) is 11.5. The van der Waals surface area contributed by atoms with Crippen molar-refractivity contribution in [1.82, 2.24) is 4.98 Å². The van der Waals surface area contributed by atoms with E-state index in [0.717, 1.165) is 0 Å². The first-order chi connectivity index (χ1) is 10.6. The number of anilines is 1. The number of pyridine rings is 1. The van der Waals surface area contributed by atoms with Crippen LogP contribution in [0.15, 0.2) is 60.8 Å². The van der Waals surface area contributed by atoms with E-state index in [1.807, 2.05) is 0 Å². The van der Waals surface area contributed by atoms with E-state index in [9.17, 15) is 8.78 Å². The number of benzene rings is 2. The van der Waals surface area contributed by atoms with Crippen LogP contribution in [0, 0.1) is 11.6 Å². The number of rotatable bonds is 3. The highest BCUT2D eigenvalue weighted by Gasteiger charge is 2.11. The Balaban J connectivity index is 2.05. The molecule has 110 valence electrons. The van der Waals surface area contributed by atoms with Crippen LogP contribution >= 0.6 is 0 Å². The standard InChI is InChI=1S/C17H12F2N2O/c18-12-4-1-3-11(7-12)17-16(9-14(20)10-21-17)22-15-6-2-5-13(19)8-15/h1-10H,20H2. The maximum atomic E-state index is 13.4. The normalized spacial score (nSPS) is 10.5. The molecule has 0 spiro atoms. The van der Waals surface area contributed by atoms with Gasteiger partial charge in [0, 0.05) is 17.7 Å². The highest BCUT2D eigenvalue weighted by atomic mass is 19.1. The molecule has 0 saturated heterocycles. The lowest BCUT2D eigenvalue weighted by Crippen LogP contribution is -1.95. The summed E-state index contributed by atoms with van der Waals surface area (Å²) in [7, 11) is 0. The van der Waals surface area contributed by atoms with Crippen molar-refractivity contribution >= 4 is 5.69 Å². The Bertz CT molecular complexity index is 821. The molecular formula is C17H12F2N2O. The van der Waals surface area contributed by atoms with Crippen LogP contribution in [0.4, 0.5) is 14.5 Å². The summed E-state index contributed by atoms with van der Waals surface area (Å²) in [6.07, 6.45) is 1.46. The number of nitrogens with zero attached hydrogens (tertiary/aromatic N) is 1. The second-order valence-electron chi connectivity index (χ2n) is 4.69. The number of halogens is 2. The molecule has 1 aromatic heterocycles. The highest BCUT2D eigenvalue weighted by molar-refractivity contribution is 5.69. The monoisotopic (exact) mass is 298 g/mol. The molecule has 5 heteroatoms. The Morgan fingerprint density at radius 2 is 1.64 bits per heavy atom. The summed E-state index contributed by atoms with van der Waals surface area (Å²) in [5.74, 6) is -0.157. The Morgan fingerprint density at radius 1 is 0.909 bits per heavy atom. The van der Waals surface area contributed by atoms with Gasteiger partial charge in [0.15, 0.2) is 5.75 Å². The summed E-state index contributed by atoms with van der Waals surface area (Å²) in [5.41, 5.74) is 7.10. The van der Waals surface area contributed by atoms with Crippen LogP contribution in [0.1, 0.15) is 0 Å². The molecule has 0 fully saturated rings. The van der Waals surface area contributed by atoms with Crippen LogP contribution in [-0.4, -0.2) is 4.98 Å². The first kappa shape index (κ1) is 14.0. The van der Waals surface area contributed by atoms with Crippen molar-refractivity contribution in [3.05, 3.63) is 72.4 Å². The Hall–Kier alpha value is -2.95. The van der Waals surface area contributed by atoms with Crippen LogP contribution in [0.5, 0.6) is 11.5 Å². The van der Waals surface area contributed by atoms with Gasteiger partial charge in [-0.25, -0.2) is 8.78 Å². The van der Waals surface area contributed by atoms with Crippen molar-refractivity contribution in [2.24, 2.45) is 0 Å². The SMILES string of the molecule is Nc1cnc(-c2cccc(F)c2)c(Oc2cccc(F)c2)c1. The van der Waals surface area contributed by atoms with E-state index in [0.29, 0.717) is 28.4 Å². The van der Waals surface area contributed by atoms with Crippen molar-refractivity contribution in [1.29, 1.82) is 0 Å². The average Bonchev–Trinajstić information content (AvgIpc) is 2.47. The van der Waals surface area contributed by atoms with Gasteiger partial charge in [-0.05, 0) is 24.3 Å². The fourth-order valence-electron chi connectivity index (χ4n) is 2.05. The van der Waals surface area contributed by atoms with Crippen molar-refractivity contribution in [3.63, 3.8) is 0 Å². The molecule has 3 rings (SSSR count). The Kier molecular flexibility index (Phi) is 3.70. The summed E-state index contributed by atoms with van der Waals surface area (Å²) in [4.78, 5) is 4.20. The quantitative estimate of drug-likeness (QED) is 0.779. The number of aromatic nitrogens is 1. The molecule has 0 aliphatic carbocycles. The summed E-state index contributed by atoms with van der Waals surface area (Å²) >= 11 is 0. The topological polar surface area (TPSA) is 48.1 Å². The number of ether oxygens (including phenoxy) is 1. The van der Waals surface area contributed by atoms with Crippen LogP contribution in [0.3, 0.4) is 0 Å². The molecule has 0 atom stereocenters. The largest absolute Gasteiger partial charge is 0.455 e. The minimum atomic E-state index is -0.415. The predicted molar refractivity (Wildman–Crippen MR) is 80.5 cm³/mol. The van der Waals surface area contributed by atoms with Gasteiger partial charge in [0.05, 0.1) is 11.9 Å². The molecule has 0 aliphatic heterocycles. The molecule has 0 unspecified atom stereocenters. The van der Waals surface area contributed by atoms with E-state index in [2.05, 4.69) is 4.98 Å². The van der Waals surface area contributed by atoms with E-state index in [4.69, 9.17) is 10.5 Å². The van der Waals surface area contributed by atoms with E-state index >= 15 is 0 Å². The maximum Gasteiger partial charge on any atom is 0.155 e. The fourth-order valence-corrected chi connectivity index (χ4v) is 2.05. The molecule has 3 aromatic rings. The third-order valence-corrected chi connectivity index (χ3v) is 3.00. The molecule has 3 nitrogen and oxygen atoms in total. The lowest BCUT2D eigenvalue weighted by atomic mass is 10.1. The van der Waals surface area contributed by atoms with E-state index in [1.165, 1.54) is 36.5 Å². The van der Waals surface area contributed by atoms with Crippen LogP contribution in [0.2, 0.25) is 0 Å². The first-order valence-electron chi connectivity index (χ1n) is 6.57. The van der Waals surface area contributed by atoms with E-state index < -0.39 is 5.82 Å². The van der Waals surface area contributed by atoms with Gasteiger partial charge in [-0.3, -0.25) is 4.98 Å². The highest BCUT2D eigenvalue weighted by Crippen LogP contribution is 2.33. The Labute approximate surface area is 126 Å². The van der Waals surface area contributed by atoms with Gasteiger partial charge < -0.3 is 10.5 Å². The number of hydrogen-bond donors (Lipinski definition) is 1. The van der Waals surface area contributed by atoms with Gasteiger partial charge in [-0.2, -0.15) is 0 Å². The fraction of sp³-hybridized carbons (Fsp3) is 0. The third-order valence-electron chi connectivity index (χ3n) is 3.00. The third kappa shape index (κ3) is 3.03. The average molecular weight is 298 g/mol. The first-order valence-corrected chi connectivity index (χ1v) is 6.57. The Morgan fingerprint density at radius 3 is 2.36 bits per heavy atom. The van der Waals surface area contributed by atoms with Gasteiger partial charge in [0.1, 0.15) is 23.1 Å². The molecular weight excluding hydrogens is 286 g/mol. The predicted octanol–water partition coefficient (Wildman–Crippen LogP) is 4.40. The second-order valence-corrected chi connectivity index (χ2v) is 4.69. The lowest BCUT2D eigenvalue weighted by Gasteiger charge is -2.11. The molecule has 22 heavy (non-hydrogen) atoms. The minimum absolute atomic E-state index is 0.310. The molecule has 2 aromatic carbocycles. The second kappa shape index (κ2) is 5.81. The van der Waals surface area contributed by atoms with Crippen LogP contribution < -0.4 is 10.5 Å². The zero-order chi connectivity index (χ0) is 15.5. The van der Waals surface area contributed by atoms with Gasteiger partial charge in [0.2, 0.25) is 0 Å². The van der Waals surface area contributed by atoms with Crippen LogP contribution in [0.25, 0.3) is 11.3 Å². The van der Waals surface area contributed by atoms with Crippen molar-refractivity contribution in [3.8, 4) is 22.8 Å². The molecule has 0 radical (unpaired) electrons. The molecule has 2 N–H and O–H groups in total. The minimum Gasteiger partial charge on any atom is -0.455 e. The van der Waals surface area contributed by atoms with Gasteiger partial charge in [-0.1, -0.05) is 18.2 Å².